The molecule has 1 aromatic heterocycles. The van der Waals surface area contributed by atoms with Gasteiger partial charge in [0, 0.05) is 24.4 Å². The zero-order valence-corrected chi connectivity index (χ0v) is 17.7. The second-order valence-electron chi connectivity index (χ2n) is 5.98. The molecule has 0 aliphatic rings. The van der Waals surface area contributed by atoms with Gasteiger partial charge in [-0.1, -0.05) is 6.07 Å². The highest BCUT2D eigenvalue weighted by molar-refractivity contribution is 7.94. The lowest BCUT2D eigenvalue weighted by Gasteiger charge is -2.18. The molecule has 3 rings (SSSR count). The molecular formula is C20H20N2O5S2. The molecule has 0 spiro atoms. The number of methoxy groups -OCH3 is 2. The quantitative estimate of drug-likeness (QED) is 0.613. The number of anilines is 2. The van der Waals surface area contributed by atoms with Crippen LogP contribution in [0.5, 0.6) is 11.5 Å². The predicted molar refractivity (Wildman–Crippen MR) is 114 cm³/mol. The van der Waals surface area contributed by atoms with Crippen molar-refractivity contribution in [2.75, 3.05) is 30.9 Å². The Morgan fingerprint density at radius 1 is 1.00 bits per heavy atom. The molecule has 2 aromatic carbocycles. The summed E-state index contributed by atoms with van der Waals surface area (Å²) in [6.45, 7) is 0. The highest BCUT2D eigenvalue weighted by atomic mass is 32.2. The molecule has 0 bridgehead atoms. The number of thiophene rings is 1. The number of nitrogens with zero attached hydrogens (tertiary/aromatic N) is 1. The average molecular weight is 433 g/mol. The van der Waals surface area contributed by atoms with Crippen LogP contribution in [-0.2, 0) is 10.0 Å². The zero-order chi connectivity index (χ0) is 21.0. The van der Waals surface area contributed by atoms with Gasteiger partial charge < -0.3 is 14.8 Å². The number of benzene rings is 2. The third-order valence-electron chi connectivity index (χ3n) is 4.24. The van der Waals surface area contributed by atoms with Crippen molar-refractivity contribution >= 4 is 38.6 Å². The number of carbonyl (C=O) groups excluding carboxylic acids is 1. The minimum Gasteiger partial charge on any atom is -0.493 e. The zero-order valence-electron chi connectivity index (χ0n) is 16.1. The summed E-state index contributed by atoms with van der Waals surface area (Å²) in [7, 11) is 0.913. The monoisotopic (exact) mass is 432 g/mol. The van der Waals surface area contributed by atoms with E-state index in [9.17, 15) is 13.2 Å². The summed E-state index contributed by atoms with van der Waals surface area (Å²) in [5, 5.41) is 4.49. The topological polar surface area (TPSA) is 84.9 Å². The van der Waals surface area contributed by atoms with E-state index in [1.807, 2.05) is 0 Å². The van der Waals surface area contributed by atoms with Gasteiger partial charge in [-0.2, -0.15) is 0 Å². The number of ether oxygens (including phenoxy) is 2. The summed E-state index contributed by atoms with van der Waals surface area (Å²) in [5.41, 5.74) is 1.40. The first kappa shape index (κ1) is 20.7. The Bertz CT molecular complexity index is 1090. The summed E-state index contributed by atoms with van der Waals surface area (Å²) < 4.78 is 37.1. The van der Waals surface area contributed by atoms with Crippen molar-refractivity contribution in [2.45, 2.75) is 4.21 Å². The fourth-order valence-electron chi connectivity index (χ4n) is 2.62. The third-order valence-corrected chi connectivity index (χ3v) is 7.40. The lowest BCUT2D eigenvalue weighted by atomic mass is 10.2. The van der Waals surface area contributed by atoms with Crippen LogP contribution < -0.4 is 19.1 Å². The summed E-state index contributed by atoms with van der Waals surface area (Å²) in [4.78, 5) is 12.5. The van der Waals surface area contributed by atoms with Crippen molar-refractivity contribution in [2.24, 2.45) is 0 Å². The van der Waals surface area contributed by atoms with Gasteiger partial charge in [-0.25, -0.2) is 8.42 Å². The van der Waals surface area contributed by atoms with Crippen molar-refractivity contribution in [3.05, 3.63) is 65.5 Å². The van der Waals surface area contributed by atoms with Gasteiger partial charge in [-0.15, -0.1) is 11.3 Å². The van der Waals surface area contributed by atoms with Crippen LogP contribution in [0.4, 0.5) is 11.4 Å². The summed E-state index contributed by atoms with van der Waals surface area (Å²) in [6.07, 6.45) is 0. The molecule has 1 amide bonds. The van der Waals surface area contributed by atoms with Gasteiger partial charge in [0.1, 0.15) is 4.21 Å². The number of rotatable bonds is 7. The van der Waals surface area contributed by atoms with Crippen molar-refractivity contribution in [1.82, 2.24) is 0 Å². The number of hydrogen-bond donors (Lipinski definition) is 1. The molecule has 0 saturated heterocycles. The van der Waals surface area contributed by atoms with Gasteiger partial charge in [0.05, 0.1) is 19.9 Å². The molecule has 1 N–H and O–H groups in total. The lowest BCUT2D eigenvalue weighted by Crippen LogP contribution is -2.25. The van der Waals surface area contributed by atoms with E-state index in [4.69, 9.17) is 9.47 Å². The van der Waals surface area contributed by atoms with Crippen LogP contribution in [-0.4, -0.2) is 35.6 Å². The molecule has 7 nitrogen and oxygen atoms in total. The second-order valence-corrected chi connectivity index (χ2v) is 9.12. The number of sulfonamides is 1. The molecule has 152 valence electrons. The molecule has 0 aliphatic heterocycles. The Balaban J connectivity index is 1.75. The molecule has 0 atom stereocenters. The van der Waals surface area contributed by atoms with Crippen molar-refractivity contribution in [3.63, 3.8) is 0 Å². The first-order chi connectivity index (χ1) is 13.9. The first-order valence-corrected chi connectivity index (χ1v) is 10.8. The summed E-state index contributed by atoms with van der Waals surface area (Å²) in [5.74, 6) is 0.735. The molecule has 29 heavy (non-hydrogen) atoms. The SMILES string of the molecule is COc1ccc(NC(=O)c2ccc(N(C)S(=O)(=O)c3cccs3)cc2)cc1OC. The van der Waals surface area contributed by atoms with Gasteiger partial charge in [0.2, 0.25) is 0 Å². The second kappa shape index (κ2) is 8.54. The van der Waals surface area contributed by atoms with Crippen molar-refractivity contribution in [3.8, 4) is 11.5 Å². The number of carbonyl (C=O) groups is 1. The van der Waals surface area contributed by atoms with E-state index in [0.717, 1.165) is 11.3 Å². The van der Waals surface area contributed by atoms with E-state index < -0.39 is 10.0 Å². The Morgan fingerprint density at radius 3 is 2.28 bits per heavy atom. The third kappa shape index (κ3) is 4.36. The predicted octanol–water partition coefficient (Wildman–Crippen LogP) is 3.84. The normalized spacial score (nSPS) is 11.0. The molecule has 3 aromatic rings. The Hall–Kier alpha value is -3.04. The molecule has 0 unspecified atom stereocenters. The van der Waals surface area contributed by atoms with E-state index in [2.05, 4.69) is 5.32 Å². The minimum absolute atomic E-state index is 0.260. The first-order valence-electron chi connectivity index (χ1n) is 8.52. The largest absolute Gasteiger partial charge is 0.493 e. The van der Waals surface area contributed by atoms with E-state index in [1.165, 1.54) is 25.6 Å². The molecule has 0 aliphatic carbocycles. The average Bonchev–Trinajstić information content (AvgIpc) is 3.29. The molecule has 0 fully saturated rings. The van der Waals surface area contributed by atoms with Crippen LogP contribution in [0.2, 0.25) is 0 Å². The smallest absolute Gasteiger partial charge is 0.273 e. The summed E-state index contributed by atoms with van der Waals surface area (Å²) in [6, 6.07) is 14.6. The van der Waals surface area contributed by atoms with E-state index in [0.29, 0.717) is 28.4 Å². The highest BCUT2D eigenvalue weighted by Crippen LogP contribution is 2.30. The van der Waals surface area contributed by atoms with E-state index in [1.54, 1.807) is 60.0 Å². The van der Waals surface area contributed by atoms with Crippen LogP contribution in [0, 0.1) is 0 Å². The van der Waals surface area contributed by atoms with E-state index in [-0.39, 0.29) is 10.1 Å². The maximum Gasteiger partial charge on any atom is 0.273 e. The Kier molecular flexibility index (Phi) is 6.09. The van der Waals surface area contributed by atoms with Crippen LogP contribution >= 0.6 is 11.3 Å². The maximum absolute atomic E-state index is 12.6. The van der Waals surface area contributed by atoms with Gasteiger partial charge in [-0.05, 0) is 47.8 Å². The Labute approximate surface area is 173 Å². The van der Waals surface area contributed by atoms with Gasteiger partial charge in [0.25, 0.3) is 15.9 Å². The standard InChI is InChI=1S/C20H20N2O5S2/c1-22(29(24,25)19-5-4-12-28-19)16-9-6-14(7-10-16)20(23)21-15-8-11-17(26-2)18(13-15)27-3/h4-13H,1-3H3,(H,21,23). The lowest BCUT2D eigenvalue weighted by molar-refractivity contribution is 0.102. The Morgan fingerprint density at radius 2 is 1.69 bits per heavy atom. The molecule has 9 heteroatoms. The number of nitrogens with one attached hydrogen (secondary N) is 1. The maximum atomic E-state index is 12.6. The van der Waals surface area contributed by atoms with E-state index >= 15 is 0 Å². The van der Waals surface area contributed by atoms with Crippen molar-refractivity contribution in [1.29, 1.82) is 0 Å². The number of hydrogen-bond acceptors (Lipinski definition) is 6. The van der Waals surface area contributed by atoms with Crippen LogP contribution in [0.3, 0.4) is 0 Å². The molecule has 0 saturated carbocycles. The summed E-state index contributed by atoms with van der Waals surface area (Å²) >= 11 is 1.15. The molecule has 1 heterocycles. The molecular weight excluding hydrogens is 412 g/mol. The fourth-order valence-corrected chi connectivity index (χ4v) is 4.98. The number of amides is 1. The highest BCUT2D eigenvalue weighted by Gasteiger charge is 2.22. The minimum atomic E-state index is -3.62. The van der Waals surface area contributed by atoms with Crippen LogP contribution in [0.25, 0.3) is 0 Å². The molecule has 0 radical (unpaired) electrons. The van der Waals surface area contributed by atoms with Crippen molar-refractivity contribution < 1.29 is 22.7 Å². The van der Waals surface area contributed by atoms with Crippen LogP contribution in [0.15, 0.2) is 64.2 Å². The van der Waals surface area contributed by atoms with Gasteiger partial charge >= 0.3 is 0 Å². The van der Waals surface area contributed by atoms with Gasteiger partial charge in [-0.3, -0.25) is 9.10 Å². The van der Waals surface area contributed by atoms with Gasteiger partial charge in [0.15, 0.2) is 11.5 Å². The fraction of sp³-hybridized carbons (Fsp3) is 0.150. The van der Waals surface area contributed by atoms with Crippen LogP contribution in [0.1, 0.15) is 10.4 Å².